The summed E-state index contributed by atoms with van der Waals surface area (Å²) in [4.78, 5) is 63.6. The molecule has 2 aromatic rings. The summed E-state index contributed by atoms with van der Waals surface area (Å²) in [6.07, 6.45) is 13.1. The number of ether oxygens (including phenoxy) is 2. The number of aryl methyl sites for hydroxylation is 1. The average Bonchev–Trinajstić information content (AvgIpc) is 3.96. The fraction of sp³-hybridized carbons (Fsp3) is 0.651. The second kappa shape index (κ2) is 16.0. The number of ketones is 1. The highest BCUT2D eigenvalue weighted by Crippen LogP contribution is 2.57. The number of pyridine rings is 1. The zero-order chi connectivity index (χ0) is 39.2. The Morgan fingerprint density at radius 1 is 0.964 bits per heavy atom. The monoisotopic (exact) mass is 807 g/mol. The first-order chi connectivity index (χ1) is 26.9. The molecule has 5 fully saturated rings. The number of esters is 1. The second-order valence-electron chi connectivity index (χ2n) is 17.4. The first-order valence-corrected chi connectivity index (χ1v) is 22.8. The van der Waals surface area contributed by atoms with Crippen LogP contribution >= 0.6 is 11.6 Å². The number of halogens is 1. The maximum absolute atomic E-state index is 14.9. The highest BCUT2D eigenvalue weighted by Gasteiger charge is 2.61. The van der Waals surface area contributed by atoms with E-state index in [0.717, 1.165) is 87.2 Å². The van der Waals surface area contributed by atoms with Gasteiger partial charge in [-0.05, 0) is 113 Å². The highest BCUT2D eigenvalue weighted by atomic mass is 35.5. The molecule has 8 rings (SSSR count). The number of hydrogen-bond acceptors (Lipinski definition) is 9. The van der Waals surface area contributed by atoms with Gasteiger partial charge in [0.05, 0.1) is 46.8 Å². The van der Waals surface area contributed by atoms with Crippen molar-refractivity contribution in [2.45, 2.75) is 139 Å². The van der Waals surface area contributed by atoms with Gasteiger partial charge in [-0.2, -0.15) is 0 Å². The zero-order valence-corrected chi connectivity index (χ0v) is 33.7. The fourth-order valence-electron chi connectivity index (χ4n) is 10.2. The van der Waals surface area contributed by atoms with Crippen LogP contribution in [0.15, 0.2) is 36.9 Å². The number of rotatable bonds is 8. The van der Waals surface area contributed by atoms with Crippen LogP contribution in [0.25, 0.3) is 10.9 Å². The maximum Gasteiger partial charge on any atom is 0.306 e. The molecule has 3 heterocycles. The van der Waals surface area contributed by atoms with Crippen molar-refractivity contribution < 1.29 is 37.1 Å². The van der Waals surface area contributed by atoms with Crippen molar-refractivity contribution in [1.29, 1.82) is 0 Å². The molecule has 4 saturated carbocycles. The number of carbonyl (C=O) groups is 4. The van der Waals surface area contributed by atoms with Crippen LogP contribution in [-0.4, -0.2) is 71.9 Å². The molecule has 11 nitrogen and oxygen atoms in total. The number of aromatic nitrogens is 1. The number of nitrogens with zero attached hydrogens (tertiary/aromatic N) is 2. The normalized spacial score (nSPS) is 31.8. The van der Waals surface area contributed by atoms with E-state index in [2.05, 4.69) is 11.3 Å². The molecule has 1 aromatic heterocycles. The van der Waals surface area contributed by atoms with E-state index < -0.39 is 44.7 Å². The third-order valence-corrected chi connectivity index (χ3v) is 15.7. The minimum Gasteiger partial charge on any atom is -0.487 e. The third-order valence-electron chi connectivity index (χ3n) is 13.6. The van der Waals surface area contributed by atoms with Gasteiger partial charge in [0.1, 0.15) is 18.0 Å². The summed E-state index contributed by atoms with van der Waals surface area (Å²) in [5.41, 5.74) is 0.352. The smallest absolute Gasteiger partial charge is 0.306 e. The van der Waals surface area contributed by atoms with E-state index in [0.29, 0.717) is 42.4 Å². The Balaban J connectivity index is 1.12. The van der Waals surface area contributed by atoms with Gasteiger partial charge in [-0.15, -0.1) is 6.58 Å². The predicted molar refractivity (Wildman–Crippen MR) is 211 cm³/mol. The molecule has 302 valence electrons. The lowest BCUT2D eigenvalue weighted by Gasteiger charge is -2.31. The molecule has 0 radical (unpaired) electrons. The molecule has 2 bridgehead atoms. The standard InChI is InChI=1S/C43H54ClN3O8S/c1-2-29-23-43(29,42(51)46-56(52,53)32-16-17-32)24-37(48)36-21-31-25-47(36)41(50)33(26-9-6-7-10-26)22-40(49)55-38-14-8-12-27(38)11-4-3-5-13-35-39(54-31)20-28-19-30(44)15-18-34(28)45-35/h2,15,18-20,26-27,29,31-33,36,38H,1,3-14,16-17,21-25H2,(H,46,51)/t27-,29+,31+,33-,36-,38-,43+/m0/s1. The number of Topliss-reactive ketones (excluding diaryl/α,β-unsaturated/α-hetero) is 1. The molecular formula is C43H54ClN3O8S. The highest BCUT2D eigenvalue weighted by molar-refractivity contribution is 7.90. The summed E-state index contributed by atoms with van der Waals surface area (Å²) in [7, 11) is -3.84. The summed E-state index contributed by atoms with van der Waals surface area (Å²) < 4.78 is 40.9. The topological polar surface area (TPSA) is 149 Å². The number of hydrogen-bond donors (Lipinski definition) is 1. The number of amides is 2. The van der Waals surface area contributed by atoms with Crippen molar-refractivity contribution >= 4 is 56.1 Å². The molecule has 6 aliphatic rings. The first-order valence-electron chi connectivity index (χ1n) is 20.9. The van der Waals surface area contributed by atoms with E-state index in [1.165, 1.54) is 0 Å². The van der Waals surface area contributed by atoms with E-state index in [1.807, 2.05) is 24.3 Å². The first kappa shape index (κ1) is 39.3. The van der Waals surface area contributed by atoms with Crippen molar-refractivity contribution in [3.63, 3.8) is 0 Å². The Labute approximate surface area is 334 Å². The third kappa shape index (κ3) is 8.24. The Morgan fingerprint density at radius 3 is 2.46 bits per heavy atom. The van der Waals surface area contributed by atoms with Gasteiger partial charge in [-0.3, -0.25) is 23.9 Å². The Morgan fingerprint density at radius 2 is 1.71 bits per heavy atom. The molecule has 7 atom stereocenters. The summed E-state index contributed by atoms with van der Waals surface area (Å²) in [6, 6.07) is 6.57. The minimum absolute atomic E-state index is 0.0184. The SMILES string of the molecule is C=C[C@@H]1C[C@]1(CC(=O)[C@@H]1C[C@@H]2CN1C(=O)[C@H](C1CCCC1)CC(=O)O[C@H]1CCC[C@@H]1CCCCCc1nc3ccc(Cl)cc3cc1O2)C(=O)NS(=O)(=O)C1CC1. The van der Waals surface area contributed by atoms with E-state index >= 15 is 0 Å². The van der Waals surface area contributed by atoms with Crippen LogP contribution in [-0.2, 0) is 40.4 Å². The van der Waals surface area contributed by atoms with Gasteiger partial charge in [0.25, 0.3) is 0 Å². The second-order valence-corrected chi connectivity index (χ2v) is 19.8. The molecule has 56 heavy (non-hydrogen) atoms. The molecule has 0 unspecified atom stereocenters. The van der Waals surface area contributed by atoms with Gasteiger partial charge >= 0.3 is 5.97 Å². The minimum atomic E-state index is -3.84. The number of carbonyl (C=O) groups excluding carboxylic acids is 4. The van der Waals surface area contributed by atoms with E-state index in [9.17, 15) is 27.6 Å². The van der Waals surface area contributed by atoms with Crippen LogP contribution in [0.5, 0.6) is 5.75 Å². The van der Waals surface area contributed by atoms with Gasteiger partial charge in [0.2, 0.25) is 21.8 Å². The number of allylic oxidation sites excluding steroid dienone is 1. The lowest BCUT2D eigenvalue weighted by Crippen LogP contribution is -2.47. The van der Waals surface area contributed by atoms with E-state index in [1.54, 1.807) is 11.0 Å². The van der Waals surface area contributed by atoms with Gasteiger partial charge in [-0.1, -0.05) is 43.4 Å². The number of sulfonamides is 1. The van der Waals surface area contributed by atoms with Crippen LogP contribution in [0.1, 0.15) is 115 Å². The zero-order valence-electron chi connectivity index (χ0n) is 32.1. The summed E-state index contributed by atoms with van der Waals surface area (Å²) in [5.74, 6) is -1.80. The molecule has 2 amide bonds. The molecule has 1 aromatic carbocycles. The summed E-state index contributed by atoms with van der Waals surface area (Å²) in [6.45, 7) is 3.98. The van der Waals surface area contributed by atoms with Crippen LogP contribution in [0.2, 0.25) is 5.02 Å². The summed E-state index contributed by atoms with van der Waals surface area (Å²) >= 11 is 6.39. The molecule has 2 aliphatic heterocycles. The van der Waals surface area contributed by atoms with Crippen molar-refractivity contribution in [3.8, 4) is 5.75 Å². The Hall–Kier alpha value is -3.51. The largest absolute Gasteiger partial charge is 0.487 e. The lowest BCUT2D eigenvalue weighted by atomic mass is 9.86. The van der Waals surface area contributed by atoms with E-state index in [-0.39, 0.29) is 61.4 Å². The molecule has 1 N–H and O–H groups in total. The van der Waals surface area contributed by atoms with Crippen LogP contribution in [0.3, 0.4) is 0 Å². The average molecular weight is 808 g/mol. The number of benzene rings is 1. The molecule has 1 saturated heterocycles. The van der Waals surface area contributed by atoms with E-state index in [4.69, 9.17) is 26.1 Å². The van der Waals surface area contributed by atoms with Gasteiger partial charge < -0.3 is 14.4 Å². The van der Waals surface area contributed by atoms with Crippen LogP contribution in [0.4, 0.5) is 0 Å². The van der Waals surface area contributed by atoms with Crippen molar-refractivity contribution in [2.75, 3.05) is 6.54 Å². The van der Waals surface area contributed by atoms with Crippen LogP contribution < -0.4 is 9.46 Å². The van der Waals surface area contributed by atoms with Crippen molar-refractivity contribution in [1.82, 2.24) is 14.6 Å². The quantitative estimate of drug-likeness (QED) is 0.219. The Bertz CT molecular complexity index is 2000. The predicted octanol–water partition coefficient (Wildman–Crippen LogP) is 7.02. The molecule has 0 spiro atoms. The van der Waals surface area contributed by atoms with Crippen molar-refractivity contribution in [3.05, 3.63) is 47.6 Å². The fourth-order valence-corrected chi connectivity index (χ4v) is 11.7. The molecule has 4 aliphatic carbocycles. The lowest BCUT2D eigenvalue weighted by molar-refractivity contribution is -0.156. The Kier molecular flexibility index (Phi) is 11.3. The van der Waals surface area contributed by atoms with Crippen molar-refractivity contribution in [2.24, 2.45) is 29.1 Å². The maximum atomic E-state index is 14.9. The van der Waals surface area contributed by atoms with Crippen LogP contribution in [0, 0.1) is 29.1 Å². The van der Waals surface area contributed by atoms with Gasteiger partial charge in [-0.25, -0.2) is 13.4 Å². The van der Waals surface area contributed by atoms with Gasteiger partial charge in [0, 0.05) is 23.3 Å². The number of nitrogens with one attached hydrogen (secondary N) is 1. The summed E-state index contributed by atoms with van der Waals surface area (Å²) in [5, 5.41) is 0.802. The molecular weight excluding hydrogens is 754 g/mol. The molecule has 13 heteroatoms. The number of fused-ring (bicyclic) bond motifs is 5. The van der Waals surface area contributed by atoms with Gasteiger partial charge in [0.15, 0.2) is 5.78 Å².